The normalized spacial score (nSPS) is 14.2. The number of unbranched alkanes of at least 4 members (excludes halogenated alkanes) is 1. The Labute approximate surface area is 198 Å². The topological polar surface area (TPSA) is 115 Å². The predicted octanol–water partition coefficient (Wildman–Crippen LogP) is 3.10. The zero-order valence-electron chi connectivity index (χ0n) is 19.7. The van der Waals surface area contributed by atoms with Gasteiger partial charge in [0.15, 0.2) is 5.65 Å². The standard InChI is InChI=1S/C24H32N6O4/c1-17(2)30-16-25-22-21(26-24(27-23(22)30)29-9-12-33-13-10-29)19-7-5-6-18(14-19)15-34-11-4-3-8-20(31)28-32/h5-7,14,16-17,32H,3-4,8-13,15H2,1-2H3,(H,28,31). The molecule has 10 nitrogen and oxygen atoms in total. The molecule has 0 spiro atoms. The molecule has 1 aromatic carbocycles. The van der Waals surface area contributed by atoms with Gasteiger partial charge in [-0.15, -0.1) is 0 Å². The number of hydrogen-bond acceptors (Lipinski definition) is 8. The van der Waals surface area contributed by atoms with E-state index >= 15 is 0 Å². The van der Waals surface area contributed by atoms with Gasteiger partial charge < -0.3 is 18.9 Å². The van der Waals surface area contributed by atoms with Crippen molar-refractivity contribution in [3.63, 3.8) is 0 Å². The van der Waals surface area contributed by atoms with Gasteiger partial charge in [-0.25, -0.2) is 15.4 Å². The Morgan fingerprint density at radius 2 is 2.06 bits per heavy atom. The van der Waals surface area contributed by atoms with Crippen molar-refractivity contribution in [1.29, 1.82) is 0 Å². The van der Waals surface area contributed by atoms with Crippen LogP contribution in [0.4, 0.5) is 5.95 Å². The highest BCUT2D eigenvalue weighted by Gasteiger charge is 2.21. The average Bonchev–Trinajstić information content (AvgIpc) is 3.30. The van der Waals surface area contributed by atoms with Gasteiger partial charge in [-0.3, -0.25) is 10.0 Å². The fourth-order valence-electron chi connectivity index (χ4n) is 3.93. The molecule has 1 aliphatic rings. The van der Waals surface area contributed by atoms with E-state index in [1.807, 2.05) is 24.5 Å². The van der Waals surface area contributed by atoms with E-state index < -0.39 is 0 Å². The lowest BCUT2D eigenvalue weighted by atomic mass is 10.1. The summed E-state index contributed by atoms with van der Waals surface area (Å²) in [4.78, 5) is 27.7. The molecule has 34 heavy (non-hydrogen) atoms. The number of ether oxygens (including phenoxy) is 2. The van der Waals surface area contributed by atoms with Crippen molar-refractivity contribution >= 4 is 23.0 Å². The summed E-state index contributed by atoms with van der Waals surface area (Å²) < 4.78 is 13.4. The minimum atomic E-state index is -0.375. The molecule has 0 saturated carbocycles. The molecular weight excluding hydrogens is 436 g/mol. The van der Waals surface area contributed by atoms with Gasteiger partial charge in [-0.1, -0.05) is 18.2 Å². The molecule has 0 aliphatic carbocycles. The van der Waals surface area contributed by atoms with E-state index in [2.05, 4.69) is 34.4 Å². The number of imidazole rings is 1. The summed E-state index contributed by atoms with van der Waals surface area (Å²) in [6.07, 6.45) is 3.53. The summed E-state index contributed by atoms with van der Waals surface area (Å²) in [6.45, 7) is 8.08. The maximum atomic E-state index is 11.1. The number of anilines is 1. The molecule has 4 rings (SSSR count). The molecule has 182 valence electrons. The van der Waals surface area contributed by atoms with Crippen molar-refractivity contribution in [2.24, 2.45) is 0 Å². The minimum absolute atomic E-state index is 0.230. The predicted molar refractivity (Wildman–Crippen MR) is 128 cm³/mol. The van der Waals surface area contributed by atoms with Crippen LogP contribution in [0, 0.1) is 0 Å². The van der Waals surface area contributed by atoms with Crippen molar-refractivity contribution in [3.8, 4) is 11.3 Å². The van der Waals surface area contributed by atoms with Gasteiger partial charge in [0.05, 0.1) is 26.1 Å². The highest BCUT2D eigenvalue weighted by atomic mass is 16.5. The van der Waals surface area contributed by atoms with Crippen LogP contribution in [0.1, 0.15) is 44.7 Å². The number of hydroxylamine groups is 1. The van der Waals surface area contributed by atoms with Crippen molar-refractivity contribution in [2.75, 3.05) is 37.8 Å². The maximum Gasteiger partial charge on any atom is 0.243 e. The number of carbonyl (C=O) groups excluding carboxylic acids is 1. The van der Waals surface area contributed by atoms with Gasteiger partial charge in [0.25, 0.3) is 0 Å². The summed E-state index contributed by atoms with van der Waals surface area (Å²) in [5.41, 5.74) is 6.07. The molecule has 2 N–H and O–H groups in total. The molecule has 1 saturated heterocycles. The Morgan fingerprint density at radius 3 is 2.82 bits per heavy atom. The first-order valence-corrected chi connectivity index (χ1v) is 11.7. The number of benzene rings is 1. The first kappa shape index (κ1) is 24.1. The second-order valence-corrected chi connectivity index (χ2v) is 8.63. The van der Waals surface area contributed by atoms with E-state index in [1.54, 1.807) is 5.48 Å². The fourth-order valence-corrected chi connectivity index (χ4v) is 3.93. The smallest absolute Gasteiger partial charge is 0.243 e. The Morgan fingerprint density at radius 1 is 1.24 bits per heavy atom. The van der Waals surface area contributed by atoms with E-state index in [4.69, 9.17) is 24.6 Å². The molecule has 0 bridgehead atoms. The number of rotatable bonds is 10. The molecule has 1 fully saturated rings. The fraction of sp³-hybridized carbons (Fsp3) is 0.500. The highest BCUT2D eigenvalue weighted by Crippen LogP contribution is 2.29. The number of nitrogens with one attached hydrogen (secondary N) is 1. The third-order valence-electron chi connectivity index (χ3n) is 5.80. The average molecular weight is 469 g/mol. The number of amides is 1. The van der Waals surface area contributed by atoms with Crippen LogP contribution in [0.5, 0.6) is 0 Å². The van der Waals surface area contributed by atoms with E-state index in [1.165, 1.54) is 0 Å². The van der Waals surface area contributed by atoms with Gasteiger partial charge in [0.1, 0.15) is 11.2 Å². The monoisotopic (exact) mass is 468 g/mol. The maximum absolute atomic E-state index is 11.1. The number of hydrogen-bond donors (Lipinski definition) is 2. The molecule has 2 aromatic heterocycles. The summed E-state index contributed by atoms with van der Waals surface area (Å²) in [6, 6.07) is 8.38. The minimum Gasteiger partial charge on any atom is -0.378 e. The van der Waals surface area contributed by atoms with Gasteiger partial charge in [0, 0.05) is 37.7 Å². The molecule has 1 aliphatic heterocycles. The van der Waals surface area contributed by atoms with Crippen LogP contribution in [-0.2, 0) is 20.9 Å². The summed E-state index contributed by atoms with van der Waals surface area (Å²) in [7, 11) is 0. The van der Waals surface area contributed by atoms with Crippen molar-refractivity contribution in [1.82, 2.24) is 25.0 Å². The Kier molecular flexibility index (Phi) is 8.04. The Bertz CT molecular complexity index is 1110. The SMILES string of the molecule is CC(C)n1cnc2c(-c3cccc(COCCCCC(=O)NO)c3)nc(N3CCOCC3)nc21. The molecule has 3 aromatic rings. The lowest BCUT2D eigenvalue weighted by molar-refractivity contribution is -0.129. The van der Waals surface area contributed by atoms with Crippen LogP contribution in [0.3, 0.4) is 0 Å². The van der Waals surface area contributed by atoms with E-state index in [0.717, 1.165) is 47.5 Å². The lowest BCUT2D eigenvalue weighted by Gasteiger charge is -2.27. The molecule has 0 atom stereocenters. The zero-order valence-corrected chi connectivity index (χ0v) is 19.7. The van der Waals surface area contributed by atoms with E-state index in [-0.39, 0.29) is 18.4 Å². The lowest BCUT2D eigenvalue weighted by Crippen LogP contribution is -2.37. The second kappa shape index (κ2) is 11.4. The van der Waals surface area contributed by atoms with Crippen LogP contribution in [-0.4, -0.2) is 63.5 Å². The first-order chi connectivity index (χ1) is 16.6. The zero-order chi connectivity index (χ0) is 23.9. The summed E-state index contributed by atoms with van der Waals surface area (Å²) in [5, 5.41) is 8.54. The van der Waals surface area contributed by atoms with Gasteiger partial charge >= 0.3 is 0 Å². The second-order valence-electron chi connectivity index (χ2n) is 8.63. The van der Waals surface area contributed by atoms with Crippen molar-refractivity contribution in [2.45, 2.75) is 45.8 Å². The summed E-state index contributed by atoms with van der Waals surface area (Å²) in [5.74, 6) is 0.321. The number of carbonyl (C=O) groups is 1. The van der Waals surface area contributed by atoms with Gasteiger partial charge in [-0.05, 0) is 38.3 Å². The van der Waals surface area contributed by atoms with Crippen LogP contribution in [0.15, 0.2) is 30.6 Å². The molecule has 0 radical (unpaired) electrons. The number of fused-ring (bicyclic) bond motifs is 1. The molecule has 3 heterocycles. The molecule has 1 amide bonds. The number of morpholine rings is 1. The van der Waals surface area contributed by atoms with Gasteiger partial charge in [0.2, 0.25) is 11.9 Å². The van der Waals surface area contributed by atoms with Gasteiger partial charge in [-0.2, -0.15) is 4.98 Å². The first-order valence-electron chi connectivity index (χ1n) is 11.7. The van der Waals surface area contributed by atoms with Crippen LogP contribution < -0.4 is 10.4 Å². The number of aromatic nitrogens is 4. The molecular formula is C24H32N6O4. The van der Waals surface area contributed by atoms with Crippen LogP contribution in [0.2, 0.25) is 0 Å². The molecule has 0 unspecified atom stereocenters. The van der Waals surface area contributed by atoms with E-state index in [0.29, 0.717) is 38.8 Å². The number of nitrogens with zero attached hydrogens (tertiary/aromatic N) is 5. The van der Waals surface area contributed by atoms with Crippen molar-refractivity contribution < 1.29 is 19.5 Å². The van der Waals surface area contributed by atoms with Crippen LogP contribution in [0.25, 0.3) is 22.4 Å². The Hall–Kier alpha value is -3.08. The quantitative estimate of drug-likeness (QED) is 0.265. The van der Waals surface area contributed by atoms with E-state index in [9.17, 15) is 4.79 Å². The summed E-state index contributed by atoms with van der Waals surface area (Å²) >= 11 is 0. The highest BCUT2D eigenvalue weighted by molar-refractivity contribution is 5.88. The third kappa shape index (κ3) is 5.69. The Balaban J connectivity index is 1.54. The molecule has 10 heteroatoms. The van der Waals surface area contributed by atoms with Crippen molar-refractivity contribution in [3.05, 3.63) is 36.2 Å². The largest absolute Gasteiger partial charge is 0.378 e. The third-order valence-corrected chi connectivity index (χ3v) is 5.80. The van der Waals surface area contributed by atoms with Crippen LogP contribution >= 0.6 is 0 Å².